The van der Waals surface area contributed by atoms with Crippen LogP contribution in [-0.2, 0) is 17.9 Å². The zero-order valence-corrected chi connectivity index (χ0v) is 16.7. The molecule has 152 valence electrons. The van der Waals surface area contributed by atoms with Gasteiger partial charge in [0.2, 0.25) is 5.91 Å². The molecule has 0 N–H and O–H groups in total. The fourth-order valence-electron chi connectivity index (χ4n) is 3.88. The van der Waals surface area contributed by atoms with Crippen LogP contribution in [0.1, 0.15) is 43.6 Å². The summed E-state index contributed by atoms with van der Waals surface area (Å²) < 4.78 is 16.2. The Kier molecular flexibility index (Phi) is 5.98. The first-order valence-electron chi connectivity index (χ1n) is 10.1. The van der Waals surface area contributed by atoms with Crippen molar-refractivity contribution in [2.75, 3.05) is 7.11 Å². The van der Waals surface area contributed by atoms with Crippen LogP contribution in [0.3, 0.4) is 0 Å². The van der Waals surface area contributed by atoms with E-state index in [2.05, 4.69) is 5.16 Å². The van der Waals surface area contributed by atoms with Crippen LogP contribution in [0, 0.1) is 5.92 Å². The van der Waals surface area contributed by atoms with Crippen LogP contribution in [0.25, 0.3) is 11.3 Å². The molecule has 1 aliphatic carbocycles. The van der Waals surface area contributed by atoms with Crippen LogP contribution in [-0.4, -0.2) is 23.1 Å². The van der Waals surface area contributed by atoms with Crippen molar-refractivity contribution in [3.8, 4) is 17.1 Å². The van der Waals surface area contributed by atoms with Crippen LogP contribution < -0.4 is 4.74 Å². The van der Waals surface area contributed by atoms with Gasteiger partial charge in [0.15, 0.2) is 5.76 Å². The molecule has 2 aromatic heterocycles. The highest BCUT2D eigenvalue weighted by Gasteiger charge is 2.27. The first-order valence-corrected chi connectivity index (χ1v) is 10.1. The van der Waals surface area contributed by atoms with E-state index in [4.69, 9.17) is 13.7 Å². The Balaban J connectivity index is 1.50. The molecule has 0 atom stereocenters. The summed E-state index contributed by atoms with van der Waals surface area (Å²) in [6, 6.07) is 13.3. The van der Waals surface area contributed by atoms with Crippen molar-refractivity contribution >= 4 is 5.91 Å². The number of methoxy groups -OCH3 is 1. The molecule has 0 radical (unpaired) electrons. The minimum atomic E-state index is 0.0895. The van der Waals surface area contributed by atoms with E-state index in [-0.39, 0.29) is 11.8 Å². The molecule has 1 aromatic carbocycles. The summed E-state index contributed by atoms with van der Waals surface area (Å²) in [4.78, 5) is 15.0. The van der Waals surface area contributed by atoms with Crippen molar-refractivity contribution in [1.82, 2.24) is 10.1 Å². The molecule has 2 heterocycles. The maximum Gasteiger partial charge on any atom is 0.226 e. The number of hydrogen-bond acceptors (Lipinski definition) is 5. The Morgan fingerprint density at radius 3 is 2.62 bits per heavy atom. The molecule has 3 aromatic rings. The van der Waals surface area contributed by atoms with Crippen molar-refractivity contribution in [3.63, 3.8) is 0 Å². The molecule has 1 amide bonds. The third-order valence-electron chi connectivity index (χ3n) is 5.48. The van der Waals surface area contributed by atoms with Gasteiger partial charge in [-0.05, 0) is 49.2 Å². The number of carbonyl (C=O) groups excluding carboxylic acids is 1. The number of benzene rings is 1. The third-order valence-corrected chi connectivity index (χ3v) is 5.48. The van der Waals surface area contributed by atoms with Crippen LogP contribution in [0.4, 0.5) is 0 Å². The molecular formula is C23H26N2O4. The van der Waals surface area contributed by atoms with Gasteiger partial charge in [-0.3, -0.25) is 4.79 Å². The maximum absolute atomic E-state index is 13.2. The van der Waals surface area contributed by atoms with Crippen LogP contribution in [0.15, 0.2) is 57.7 Å². The number of amides is 1. The lowest BCUT2D eigenvalue weighted by molar-refractivity contribution is -0.138. The molecule has 1 aliphatic rings. The molecule has 6 nitrogen and oxygen atoms in total. The van der Waals surface area contributed by atoms with Gasteiger partial charge in [-0.2, -0.15) is 0 Å². The summed E-state index contributed by atoms with van der Waals surface area (Å²) in [5.74, 6) is 2.50. The predicted octanol–water partition coefficient (Wildman–Crippen LogP) is 5.05. The van der Waals surface area contributed by atoms with Gasteiger partial charge in [0.05, 0.1) is 26.5 Å². The number of ether oxygens (including phenoxy) is 1. The van der Waals surface area contributed by atoms with Gasteiger partial charge in [-0.1, -0.05) is 24.4 Å². The van der Waals surface area contributed by atoms with Gasteiger partial charge in [0.25, 0.3) is 0 Å². The Bertz CT molecular complexity index is 909. The molecule has 0 unspecified atom stereocenters. The van der Waals surface area contributed by atoms with Crippen LogP contribution in [0.2, 0.25) is 0 Å². The van der Waals surface area contributed by atoms with Gasteiger partial charge in [0.1, 0.15) is 17.2 Å². The topological polar surface area (TPSA) is 68.7 Å². The van der Waals surface area contributed by atoms with Gasteiger partial charge in [-0.15, -0.1) is 0 Å². The summed E-state index contributed by atoms with van der Waals surface area (Å²) in [6.07, 6.45) is 7.02. The zero-order valence-electron chi connectivity index (χ0n) is 16.7. The van der Waals surface area contributed by atoms with E-state index in [1.54, 1.807) is 13.4 Å². The SMILES string of the molecule is COc1ccc(-c2cc(CN(Cc3ccco3)C(=O)C3CCCCC3)no2)cc1. The molecule has 0 saturated heterocycles. The largest absolute Gasteiger partial charge is 0.497 e. The fourth-order valence-corrected chi connectivity index (χ4v) is 3.88. The summed E-state index contributed by atoms with van der Waals surface area (Å²) in [7, 11) is 1.64. The minimum Gasteiger partial charge on any atom is -0.497 e. The number of furan rings is 1. The quantitative estimate of drug-likeness (QED) is 0.561. The summed E-state index contributed by atoms with van der Waals surface area (Å²) in [5, 5.41) is 4.20. The second kappa shape index (κ2) is 8.99. The highest BCUT2D eigenvalue weighted by molar-refractivity contribution is 5.79. The molecule has 6 heteroatoms. The molecule has 4 rings (SSSR count). The Hall–Kier alpha value is -3.02. The number of rotatable bonds is 7. The maximum atomic E-state index is 13.2. The molecular weight excluding hydrogens is 368 g/mol. The Morgan fingerprint density at radius 1 is 1.14 bits per heavy atom. The summed E-state index contributed by atoms with van der Waals surface area (Å²) in [6.45, 7) is 0.836. The molecule has 0 aliphatic heterocycles. The molecule has 1 fully saturated rings. The van der Waals surface area contributed by atoms with Gasteiger partial charge in [0, 0.05) is 17.5 Å². The predicted molar refractivity (Wildman–Crippen MR) is 108 cm³/mol. The summed E-state index contributed by atoms with van der Waals surface area (Å²) >= 11 is 0. The van der Waals surface area contributed by atoms with E-state index < -0.39 is 0 Å². The van der Waals surface area contributed by atoms with E-state index in [1.165, 1.54) is 6.42 Å². The Labute approximate surface area is 170 Å². The van der Waals surface area contributed by atoms with Crippen molar-refractivity contribution in [1.29, 1.82) is 0 Å². The molecule has 0 spiro atoms. The monoisotopic (exact) mass is 394 g/mol. The first kappa shape index (κ1) is 19.3. The minimum absolute atomic E-state index is 0.0895. The molecule has 0 bridgehead atoms. The highest BCUT2D eigenvalue weighted by Crippen LogP contribution is 2.28. The normalized spacial score (nSPS) is 14.7. The van der Waals surface area contributed by atoms with Crippen molar-refractivity contribution in [2.45, 2.75) is 45.2 Å². The second-order valence-corrected chi connectivity index (χ2v) is 7.52. The van der Waals surface area contributed by atoms with Gasteiger partial charge >= 0.3 is 0 Å². The average molecular weight is 394 g/mol. The van der Waals surface area contributed by atoms with Crippen molar-refractivity contribution in [3.05, 3.63) is 60.2 Å². The van der Waals surface area contributed by atoms with Crippen molar-refractivity contribution < 1.29 is 18.5 Å². The lowest BCUT2D eigenvalue weighted by Gasteiger charge is -2.28. The zero-order chi connectivity index (χ0) is 20.1. The van der Waals surface area contributed by atoms with E-state index in [0.29, 0.717) is 18.8 Å². The molecule has 1 saturated carbocycles. The average Bonchev–Trinajstić information content (AvgIpc) is 3.46. The lowest BCUT2D eigenvalue weighted by Crippen LogP contribution is -2.36. The number of aromatic nitrogens is 1. The van der Waals surface area contributed by atoms with E-state index in [9.17, 15) is 4.79 Å². The lowest BCUT2D eigenvalue weighted by atomic mass is 9.88. The third kappa shape index (κ3) is 4.70. The first-order chi connectivity index (χ1) is 14.2. The second-order valence-electron chi connectivity index (χ2n) is 7.52. The van der Waals surface area contributed by atoms with Crippen LogP contribution >= 0.6 is 0 Å². The van der Waals surface area contributed by atoms with Gasteiger partial charge in [-0.25, -0.2) is 0 Å². The Morgan fingerprint density at radius 2 is 1.93 bits per heavy atom. The summed E-state index contributed by atoms with van der Waals surface area (Å²) in [5.41, 5.74) is 1.65. The van der Waals surface area contributed by atoms with E-state index >= 15 is 0 Å². The standard InChI is InChI=1S/C23H26N2O4/c1-27-20-11-9-17(10-12-20)22-14-19(24-29-22)15-25(16-21-8-5-13-28-21)23(26)18-6-3-2-4-7-18/h5,8-14,18H,2-4,6-7,15-16H2,1H3. The van der Waals surface area contributed by atoms with E-state index in [1.807, 2.05) is 47.4 Å². The fraction of sp³-hybridized carbons (Fsp3) is 0.391. The number of hydrogen-bond donors (Lipinski definition) is 0. The van der Waals surface area contributed by atoms with E-state index in [0.717, 1.165) is 48.5 Å². The smallest absolute Gasteiger partial charge is 0.226 e. The van der Waals surface area contributed by atoms with Gasteiger partial charge < -0.3 is 18.6 Å². The number of nitrogens with zero attached hydrogens (tertiary/aromatic N) is 2. The van der Waals surface area contributed by atoms with Crippen molar-refractivity contribution in [2.24, 2.45) is 5.92 Å². The number of carbonyl (C=O) groups is 1. The van der Waals surface area contributed by atoms with Crippen LogP contribution in [0.5, 0.6) is 5.75 Å². The highest BCUT2D eigenvalue weighted by atomic mass is 16.5. The molecule has 29 heavy (non-hydrogen) atoms.